The van der Waals surface area contributed by atoms with Gasteiger partial charge in [-0.2, -0.15) is 0 Å². The molecule has 2 rings (SSSR count). The van der Waals surface area contributed by atoms with Gasteiger partial charge in [0.2, 0.25) is 0 Å². The van der Waals surface area contributed by atoms with E-state index < -0.39 is 11.0 Å². The van der Waals surface area contributed by atoms with Gasteiger partial charge in [-0.15, -0.1) is 0 Å². The smallest absolute Gasteiger partial charge is 0.125 e. The fraction of sp³-hybridized carbons (Fsp3) is 0.455. The summed E-state index contributed by atoms with van der Waals surface area (Å²) in [5.74, 6) is 0. The first-order chi connectivity index (χ1) is 6.50. The maximum absolute atomic E-state index is 11.7. The lowest BCUT2D eigenvalue weighted by molar-refractivity contribution is 0.312. The van der Waals surface area contributed by atoms with E-state index in [0.29, 0.717) is 0 Å². The van der Waals surface area contributed by atoms with E-state index in [-0.39, 0.29) is 11.5 Å². The van der Waals surface area contributed by atoms with Crippen LogP contribution in [-0.4, -0.2) is 4.21 Å². The molecule has 0 amide bonds. The van der Waals surface area contributed by atoms with Crippen LogP contribution in [0, 0.1) is 5.41 Å². The van der Waals surface area contributed by atoms with Crippen molar-refractivity contribution < 1.29 is 4.21 Å². The lowest BCUT2D eigenvalue weighted by atomic mass is 9.83. The van der Waals surface area contributed by atoms with Crippen LogP contribution in [-0.2, 0) is 11.0 Å². The quantitative estimate of drug-likeness (QED) is 0.698. The molecule has 0 aliphatic carbocycles. The highest BCUT2D eigenvalue weighted by Crippen LogP contribution is 2.39. The van der Waals surface area contributed by atoms with Crippen LogP contribution in [0.25, 0.3) is 0 Å². The topological polar surface area (TPSA) is 29.1 Å². The Balaban J connectivity index is 2.50. The number of rotatable bonds is 0. The largest absolute Gasteiger partial charge is 0.237 e. The third kappa shape index (κ3) is 1.51. The zero-order valence-corrected chi connectivity index (χ0v) is 9.52. The van der Waals surface area contributed by atoms with Gasteiger partial charge in [0.1, 0.15) is 11.0 Å². The molecule has 1 aliphatic rings. The second-order valence-electron chi connectivity index (χ2n) is 4.72. The highest BCUT2D eigenvalue weighted by Gasteiger charge is 2.35. The van der Waals surface area contributed by atoms with E-state index in [9.17, 15) is 4.21 Å². The Morgan fingerprint density at radius 1 is 1.29 bits per heavy atom. The van der Waals surface area contributed by atoms with Gasteiger partial charge in [0.25, 0.3) is 0 Å². The molecule has 1 N–H and O–H groups in total. The Bertz CT molecular complexity index is 381. The first-order valence-electron chi connectivity index (χ1n) is 4.77. The van der Waals surface area contributed by atoms with Crippen molar-refractivity contribution in [3.05, 3.63) is 29.8 Å². The highest BCUT2D eigenvalue weighted by atomic mass is 32.2. The molecule has 0 fully saturated rings. The molecule has 0 aromatic heterocycles. The summed E-state index contributed by atoms with van der Waals surface area (Å²) in [6.07, 6.45) is 0. The summed E-state index contributed by atoms with van der Waals surface area (Å²) in [6, 6.07) is 8.12. The van der Waals surface area contributed by atoms with Gasteiger partial charge >= 0.3 is 0 Å². The Labute approximate surface area is 87.3 Å². The highest BCUT2D eigenvalue weighted by molar-refractivity contribution is 7.83. The van der Waals surface area contributed by atoms with Crippen molar-refractivity contribution in [2.24, 2.45) is 5.41 Å². The van der Waals surface area contributed by atoms with Gasteiger partial charge in [-0.3, -0.25) is 0 Å². The van der Waals surface area contributed by atoms with Crippen LogP contribution in [0.4, 0.5) is 0 Å². The minimum atomic E-state index is -1.02. The van der Waals surface area contributed by atoms with E-state index in [1.807, 2.05) is 18.2 Å². The van der Waals surface area contributed by atoms with Gasteiger partial charge in [-0.05, 0) is 17.0 Å². The molecule has 0 saturated heterocycles. The normalized spacial score (nSPS) is 26.2. The van der Waals surface area contributed by atoms with Crippen LogP contribution in [0.15, 0.2) is 29.2 Å². The molecule has 0 spiro atoms. The van der Waals surface area contributed by atoms with Crippen LogP contribution in [0.1, 0.15) is 32.4 Å². The summed E-state index contributed by atoms with van der Waals surface area (Å²) in [4.78, 5) is 0.937. The zero-order valence-electron chi connectivity index (χ0n) is 8.70. The predicted molar refractivity (Wildman–Crippen MR) is 58.2 cm³/mol. The Morgan fingerprint density at radius 3 is 2.57 bits per heavy atom. The van der Waals surface area contributed by atoms with Crippen LogP contribution in [0.5, 0.6) is 0 Å². The maximum atomic E-state index is 11.7. The SMILES string of the molecule is CC(C)(C)[C@H]1NS(=O)c2ccccc21. The second kappa shape index (κ2) is 3.17. The van der Waals surface area contributed by atoms with Gasteiger partial charge < -0.3 is 0 Å². The summed E-state index contributed by atoms with van der Waals surface area (Å²) >= 11 is 0. The zero-order chi connectivity index (χ0) is 10.3. The van der Waals surface area contributed by atoms with Crippen molar-refractivity contribution in [1.82, 2.24) is 4.72 Å². The molecule has 1 aromatic carbocycles. The number of hydrogen-bond donors (Lipinski definition) is 1. The van der Waals surface area contributed by atoms with Crippen molar-refractivity contribution in [3.8, 4) is 0 Å². The van der Waals surface area contributed by atoms with Gasteiger partial charge in [-0.1, -0.05) is 39.0 Å². The van der Waals surface area contributed by atoms with Crippen molar-refractivity contribution in [1.29, 1.82) is 0 Å². The molecular weight excluding hydrogens is 194 g/mol. The van der Waals surface area contributed by atoms with Crippen molar-refractivity contribution >= 4 is 11.0 Å². The fourth-order valence-corrected chi connectivity index (χ4v) is 3.19. The lowest BCUT2D eigenvalue weighted by Gasteiger charge is -2.26. The first-order valence-corrected chi connectivity index (χ1v) is 5.92. The molecule has 3 heteroatoms. The summed E-state index contributed by atoms with van der Waals surface area (Å²) < 4.78 is 14.9. The van der Waals surface area contributed by atoms with Crippen LogP contribution in [0.3, 0.4) is 0 Å². The van der Waals surface area contributed by atoms with Gasteiger partial charge in [-0.25, -0.2) is 8.93 Å². The van der Waals surface area contributed by atoms with Gasteiger partial charge in [0.15, 0.2) is 0 Å². The molecule has 14 heavy (non-hydrogen) atoms. The molecule has 2 nitrogen and oxygen atoms in total. The molecule has 1 heterocycles. The average molecular weight is 209 g/mol. The Kier molecular flexibility index (Phi) is 2.24. The van der Waals surface area contributed by atoms with Crippen molar-refractivity contribution in [3.63, 3.8) is 0 Å². The summed E-state index contributed by atoms with van der Waals surface area (Å²) in [5, 5.41) is 0. The number of benzene rings is 1. The van der Waals surface area contributed by atoms with E-state index in [1.54, 1.807) is 0 Å². The fourth-order valence-electron chi connectivity index (χ4n) is 1.77. The molecule has 1 aliphatic heterocycles. The number of fused-ring (bicyclic) bond motifs is 1. The molecule has 0 radical (unpaired) electrons. The van der Waals surface area contributed by atoms with E-state index in [0.717, 1.165) is 4.90 Å². The minimum absolute atomic E-state index is 0.0995. The summed E-state index contributed by atoms with van der Waals surface area (Å²) in [5.41, 5.74) is 1.28. The lowest BCUT2D eigenvalue weighted by Crippen LogP contribution is -2.27. The second-order valence-corrected chi connectivity index (χ2v) is 5.94. The van der Waals surface area contributed by atoms with Crippen molar-refractivity contribution in [2.45, 2.75) is 31.7 Å². The van der Waals surface area contributed by atoms with E-state index in [2.05, 4.69) is 31.6 Å². The van der Waals surface area contributed by atoms with Crippen LogP contribution < -0.4 is 4.72 Å². The number of hydrogen-bond acceptors (Lipinski definition) is 1. The number of nitrogens with one attached hydrogen (secondary N) is 1. The standard InChI is InChI=1S/C11H15NOS/c1-11(2,3)10-8-6-4-5-7-9(8)14(13)12-10/h4-7,10,12H,1-3H3/t10-,14?/m0/s1. The third-order valence-corrected chi connectivity index (χ3v) is 3.74. The summed E-state index contributed by atoms with van der Waals surface area (Å²) in [7, 11) is -1.02. The summed E-state index contributed by atoms with van der Waals surface area (Å²) in [6.45, 7) is 6.47. The van der Waals surface area contributed by atoms with Gasteiger partial charge in [0.05, 0.1) is 10.9 Å². The first kappa shape index (κ1) is 9.87. The van der Waals surface area contributed by atoms with Crippen LogP contribution >= 0.6 is 0 Å². The Morgan fingerprint density at radius 2 is 1.93 bits per heavy atom. The monoisotopic (exact) mass is 209 g/mol. The van der Waals surface area contributed by atoms with Crippen LogP contribution in [0.2, 0.25) is 0 Å². The van der Waals surface area contributed by atoms with Gasteiger partial charge in [0, 0.05) is 0 Å². The Hall–Kier alpha value is -0.670. The molecule has 0 saturated carbocycles. The minimum Gasteiger partial charge on any atom is -0.237 e. The van der Waals surface area contributed by atoms with E-state index >= 15 is 0 Å². The third-order valence-electron chi connectivity index (χ3n) is 2.52. The maximum Gasteiger partial charge on any atom is 0.125 e. The molecule has 76 valence electrons. The van der Waals surface area contributed by atoms with Crippen molar-refractivity contribution in [2.75, 3.05) is 0 Å². The van der Waals surface area contributed by atoms with E-state index in [1.165, 1.54) is 5.56 Å². The molecule has 0 bridgehead atoms. The molecule has 1 aromatic rings. The van der Waals surface area contributed by atoms with E-state index in [4.69, 9.17) is 0 Å². The molecular formula is C11H15NOS. The predicted octanol–water partition coefficient (Wildman–Crippen LogP) is 2.40. The average Bonchev–Trinajstić information content (AvgIpc) is 2.44. The molecule has 1 unspecified atom stereocenters. The molecule has 2 atom stereocenters.